The number of nitrogens with zero attached hydrogens (tertiary/aromatic N) is 2. The molecule has 1 N–H and O–H groups in total. The van der Waals surface area contributed by atoms with Crippen LogP contribution < -0.4 is 4.74 Å². The maximum Gasteiger partial charge on any atom is 0.137 e. The van der Waals surface area contributed by atoms with Crippen molar-refractivity contribution >= 4 is 33.2 Å². The quantitative estimate of drug-likeness (QED) is 0.217. The second-order valence-corrected chi connectivity index (χ2v) is 11.9. The molecule has 2 aromatic heterocycles. The number of aryl methyl sites for hydroxylation is 1. The Bertz CT molecular complexity index is 1620. The van der Waals surface area contributed by atoms with E-state index in [0.717, 1.165) is 54.2 Å². The molecule has 0 saturated heterocycles. The fourth-order valence-electron chi connectivity index (χ4n) is 4.79. The van der Waals surface area contributed by atoms with Crippen LogP contribution >= 0.6 is 22.9 Å². The third kappa shape index (κ3) is 5.85. The van der Waals surface area contributed by atoms with Crippen molar-refractivity contribution in [3.8, 4) is 38.6 Å². The van der Waals surface area contributed by atoms with Gasteiger partial charge in [0.2, 0.25) is 0 Å². The average Bonchev–Trinajstić information content (AvgIpc) is 3.35. The van der Waals surface area contributed by atoms with Crippen molar-refractivity contribution < 1.29 is 14.6 Å². The largest absolute Gasteiger partial charge is 0.495 e. The summed E-state index contributed by atoms with van der Waals surface area (Å²) < 4.78 is 12.8. The van der Waals surface area contributed by atoms with Crippen molar-refractivity contribution in [1.82, 2.24) is 9.97 Å². The van der Waals surface area contributed by atoms with Gasteiger partial charge in [0.1, 0.15) is 16.9 Å². The predicted molar refractivity (Wildman–Crippen MR) is 161 cm³/mol. The Morgan fingerprint density at radius 2 is 1.69 bits per heavy atom. The van der Waals surface area contributed by atoms with Crippen LogP contribution in [0.4, 0.5) is 0 Å². The number of rotatable bonds is 7. The van der Waals surface area contributed by atoms with E-state index in [1.807, 2.05) is 63.4 Å². The van der Waals surface area contributed by atoms with Gasteiger partial charge < -0.3 is 14.6 Å². The highest BCUT2D eigenvalue weighted by Crippen LogP contribution is 2.44. The molecular formula is C32H31ClN2O3S. The number of hydrogen-bond acceptors (Lipinski definition) is 6. The minimum Gasteiger partial charge on any atom is -0.495 e. The Balaban J connectivity index is 1.69. The summed E-state index contributed by atoms with van der Waals surface area (Å²) in [5.41, 5.74) is 7.50. The molecule has 5 aromatic rings. The second kappa shape index (κ2) is 11.1. The lowest BCUT2D eigenvalue weighted by atomic mass is 9.91. The molecule has 1 atom stereocenters. The molecule has 0 aliphatic heterocycles. The number of ether oxygens (including phenoxy) is 2. The van der Waals surface area contributed by atoms with E-state index in [1.165, 1.54) is 0 Å². The standard InChI is InChI=1S/C32H31ClN2O3S/c1-19-13-26-30(29(20-9-11-24(33)12-10-20)28(19)27(18-36)38-32(2,3)4)39-31(35-26)22-8-6-7-21(14-22)23-15-25(37-5)17-34-16-23/h6-17,27,36H,18H2,1-5H3. The van der Waals surface area contributed by atoms with Crippen LogP contribution in [-0.4, -0.2) is 34.4 Å². The molecule has 0 aliphatic rings. The number of aliphatic hydroxyl groups excluding tert-OH is 1. The van der Waals surface area contributed by atoms with Gasteiger partial charge in [-0.15, -0.1) is 11.3 Å². The molecule has 0 bridgehead atoms. The molecule has 5 nitrogen and oxygen atoms in total. The molecule has 0 spiro atoms. The average molecular weight is 559 g/mol. The maximum absolute atomic E-state index is 10.4. The van der Waals surface area contributed by atoms with Crippen molar-refractivity contribution in [2.45, 2.75) is 39.4 Å². The smallest absolute Gasteiger partial charge is 0.137 e. The summed E-state index contributed by atoms with van der Waals surface area (Å²) in [6.07, 6.45) is 3.04. The van der Waals surface area contributed by atoms with Gasteiger partial charge >= 0.3 is 0 Å². The van der Waals surface area contributed by atoms with Crippen LogP contribution in [-0.2, 0) is 4.74 Å². The summed E-state index contributed by atoms with van der Waals surface area (Å²) in [4.78, 5) is 9.38. The SMILES string of the molecule is COc1cncc(-c2cccc(-c3nc4cc(C)c(C(CO)OC(C)(C)C)c(-c5ccc(Cl)cc5)c4s3)c2)c1. The van der Waals surface area contributed by atoms with Gasteiger partial charge in [-0.1, -0.05) is 41.9 Å². The highest BCUT2D eigenvalue weighted by molar-refractivity contribution is 7.22. The van der Waals surface area contributed by atoms with E-state index in [9.17, 15) is 5.11 Å². The summed E-state index contributed by atoms with van der Waals surface area (Å²) in [6, 6.07) is 20.2. The van der Waals surface area contributed by atoms with Gasteiger partial charge in [0, 0.05) is 27.9 Å². The molecule has 2 heterocycles. The molecule has 0 amide bonds. The highest BCUT2D eigenvalue weighted by Gasteiger charge is 2.27. The maximum atomic E-state index is 10.4. The molecule has 39 heavy (non-hydrogen) atoms. The van der Waals surface area contributed by atoms with Crippen LogP contribution in [0.25, 0.3) is 43.0 Å². The highest BCUT2D eigenvalue weighted by atomic mass is 35.5. The summed E-state index contributed by atoms with van der Waals surface area (Å²) >= 11 is 7.88. The van der Waals surface area contributed by atoms with Crippen molar-refractivity contribution in [2.24, 2.45) is 0 Å². The molecule has 0 aliphatic carbocycles. The van der Waals surface area contributed by atoms with Gasteiger partial charge in [0.25, 0.3) is 0 Å². The summed E-state index contributed by atoms with van der Waals surface area (Å²) in [7, 11) is 1.64. The van der Waals surface area contributed by atoms with Gasteiger partial charge in [-0.2, -0.15) is 0 Å². The molecule has 5 rings (SSSR count). The molecule has 7 heteroatoms. The molecule has 1 unspecified atom stereocenters. The van der Waals surface area contributed by atoms with Crippen LogP contribution in [0.3, 0.4) is 0 Å². The van der Waals surface area contributed by atoms with E-state index in [0.29, 0.717) is 10.8 Å². The number of benzene rings is 3. The van der Waals surface area contributed by atoms with Crippen LogP contribution in [0, 0.1) is 6.92 Å². The van der Waals surface area contributed by atoms with Gasteiger partial charge in [-0.25, -0.2) is 4.98 Å². The van der Waals surface area contributed by atoms with Crippen molar-refractivity contribution in [1.29, 1.82) is 0 Å². The molecular weight excluding hydrogens is 528 g/mol. The number of hydrogen-bond donors (Lipinski definition) is 1. The van der Waals surface area contributed by atoms with Gasteiger partial charge in [0.15, 0.2) is 0 Å². The van der Waals surface area contributed by atoms with Gasteiger partial charge in [0.05, 0.1) is 35.7 Å². The van der Waals surface area contributed by atoms with E-state index in [2.05, 4.69) is 36.2 Å². The minimum atomic E-state index is -0.491. The first-order valence-electron chi connectivity index (χ1n) is 12.8. The lowest BCUT2D eigenvalue weighted by Crippen LogP contribution is -2.25. The monoisotopic (exact) mass is 558 g/mol. The van der Waals surface area contributed by atoms with E-state index in [4.69, 9.17) is 26.1 Å². The number of aliphatic hydroxyl groups is 1. The molecule has 0 saturated carbocycles. The predicted octanol–water partition coefficient (Wildman–Crippen LogP) is 8.51. The Kier molecular flexibility index (Phi) is 7.74. The van der Waals surface area contributed by atoms with Crippen LogP contribution in [0.1, 0.15) is 38.0 Å². The minimum absolute atomic E-state index is 0.132. The molecule has 0 fully saturated rings. The van der Waals surface area contributed by atoms with Gasteiger partial charge in [-0.3, -0.25) is 4.98 Å². The van der Waals surface area contributed by atoms with E-state index >= 15 is 0 Å². The normalized spacial score (nSPS) is 12.6. The topological polar surface area (TPSA) is 64.5 Å². The number of methoxy groups -OCH3 is 1. The fraction of sp³-hybridized carbons (Fsp3) is 0.250. The summed E-state index contributed by atoms with van der Waals surface area (Å²) in [6.45, 7) is 7.92. The van der Waals surface area contributed by atoms with Crippen molar-refractivity contribution in [2.75, 3.05) is 13.7 Å². The Morgan fingerprint density at radius 1 is 0.949 bits per heavy atom. The molecule has 200 valence electrons. The third-order valence-electron chi connectivity index (χ3n) is 6.44. The number of halogens is 1. The Labute approximate surface area is 238 Å². The van der Waals surface area contributed by atoms with Crippen LogP contribution in [0.2, 0.25) is 5.02 Å². The van der Waals surface area contributed by atoms with E-state index < -0.39 is 11.7 Å². The fourth-order valence-corrected chi connectivity index (χ4v) is 6.03. The van der Waals surface area contributed by atoms with Crippen molar-refractivity contribution in [3.63, 3.8) is 0 Å². The number of aromatic nitrogens is 2. The number of fused-ring (bicyclic) bond motifs is 1. The van der Waals surface area contributed by atoms with Crippen LogP contribution in [0.15, 0.2) is 73.1 Å². The van der Waals surface area contributed by atoms with Crippen molar-refractivity contribution in [3.05, 3.63) is 89.2 Å². The lowest BCUT2D eigenvalue weighted by Gasteiger charge is -2.29. The Hall–Kier alpha value is -3.29. The molecule has 0 radical (unpaired) electrons. The number of thiazole rings is 1. The Morgan fingerprint density at radius 3 is 2.38 bits per heavy atom. The zero-order valence-electron chi connectivity index (χ0n) is 22.7. The summed E-state index contributed by atoms with van der Waals surface area (Å²) in [5.74, 6) is 0.712. The zero-order chi connectivity index (χ0) is 27.7. The summed E-state index contributed by atoms with van der Waals surface area (Å²) in [5, 5.41) is 12.0. The second-order valence-electron chi connectivity index (χ2n) is 10.5. The van der Waals surface area contributed by atoms with Gasteiger partial charge in [-0.05, 0) is 80.3 Å². The van der Waals surface area contributed by atoms with E-state index in [-0.39, 0.29) is 6.61 Å². The zero-order valence-corrected chi connectivity index (χ0v) is 24.2. The van der Waals surface area contributed by atoms with Crippen LogP contribution in [0.5, 0.6) is 5.75 Å². The molecule has 3 aromatic carbocycles. The first kappa shape index (κ1) is 27.3. The number of pyridine rings is 1. The third-order valence-corrected chi connectivity index (χ3v) is 7.83. The van der Waals surface area contributed by atoms with E-state index in [1.54, 1.807) is 24.6 Å². The first-order chi connectivity index (χ1) is 18.7. The first-order valence-corrected chi connectivity index (χ1v) is 13.9. The lowest BCUT2D eigenvalue weighted by molar-refractivity contribution is -0.0821.